The molecule has 0 aliphatic rings. The molecule has 2 N–H and O–H groups in total. The third kappa shape index (κ3) is 4.65. The van der Waals surface area contributed by atoms with E-state index in [4.69, 9.17) is 5.11 Å². The Morgan fingerprint density at radius 1 is 1.42 bits per heavy atom. The molecule has 0 aliphatic carbocycles. The highest BCUT2D eigenvalue weighted by atomic mass is 32.1. The van der Waals surface area contributed by atoms with Crippen molar-refractivity contribution in [3.05, 3.63) is 17.0 Å². The second-order valence-corrected chi connectivity index (χ2v) is 5.60. The first-order valence-electron chi connectivity index (χ1n) is 6.25. The molecule has 0 saturated heterocycles. The van der Waals surface area contributed by atoms with Crippen molar-refractivity contribution in [3.63, 3.8) is 0 Å². The van der Waals surface area contributed by atoms with E-state index in [0.717, 1.165) is 0 Å². The van der Waals surface area contributed by atoms with E-state index in [1.165, 1.54) is 18.3 Å². The number of thiophene rings is 1. The number of anilines is 1. The first-order chi connectivity index (χ1) is 8.95. The van der Waals surface area contributed by atoms with Crippen LogP contribution in [0.5, 0.6) is 0 Å². The van der Waals surface area contributed by atoms with Crippen LogP contribution in [0.25, 0.3) is 0 Å². The van der Waals surface area contributed by atoms with E-state index in [1.54, 1.807) is 17.0 Å². The van der Waals surface area contributed by atoms with Gasteiger partial charge < -0.3 is 15.3 Å². The van der Waals surface area contributed by atoms with Crippen LogP contribution in [0.2, 0.25) is 0 Å². The maximum absolute atomic E-state index is 12.3. The highest BCUT2D eigenvalue weighted by molar-refractivity contribution is 7.18. The summed E-state index contributed by atoms with van der Waals surface area (Å²) < 4.78 is 0. The van der Waals surface area contributed by atoms with E-state index in [0.29, 0.717) is 22.8 Å². The first kappa shape index (κ1) is 15.7. The summed E-state index contributed by atoms with van der Waals surface area (Å²) in [5, 5.41) is 12.2. The molecule has 0 fully saturated rings. The van der Waals surface area contributed by atoms with Gasteiger partial charge in [0.25, 0.3) is 5.91 Å². The lowest BCUT2D eigenvalue weighted by atomic mass is 10.2. The number of nitrogens with one attached hydrogen (secondary N) is 1. The van der Waals surface area contributed by atoms with Crippen molar-refractivity contribution in [2.45, 2.75) is 33.2 Å². The molecule has 1 heterocycles. The predicted octanol–water partition coefficient (Wildman–Crippen LogP) is 1.94. The van der Waals surface area contributed by atoms with Crippen LogP contribution >= 0.6 is 11.3 Å². The molecule has 0 unspecified atom stereocenters. The second-order valence-electron chi connectivity index (χ2n) is 4.51. The van der Waals surface area contributed by atoms with Gasteiger partial charge in [0.15, 0.2) is 0 Å². The molecule has 19 heavy (non-hydrogen) atoms. The molecule has 0 bridgehead atoms. The number of hydrogen-bond donors (Lipinski definition) is 2. The van der Waals surface area contributed by atoms with Crippen LogP contribution in [-0.4, -0.2) is 41.0 Å². The molecule has 0 spiro atoms. The fourth-order valence-corrected chi connectivity index (χ4v) is 2.58. The average molecular weight is 284 g/mol. The SMILES string of the molecule is CC(=O)Nc1ccc(C(=O)N(CCCO)C(C)C)s1. The van der Waals surface area contributed by atoms with Gasteiger partial charge >= 0.3 is 0 Å². The van der Waals surface area contributed by atoms with Crippen molar-refractivity contribution < 1.29 is 14.7 Å². The summed E-state index contributed by atoms with van der Waals surface area (Å²) in [6.45, 7) is 5.91. The zero-order valence-electron chi connectivity index (χ0n) is 11.5. The van der Waals surface area contributed by atoms with Gasteiger partial charge in [-0.2, -0.15) is 0 Å². The van der Waals surface area contributed by atoms with E-state index in [-0.39, 0.29) is 24.5 Å². The Hall–Kier alpha value is -1.40. The van der Waals surface area contributed by atoms with Gasteiger partial charge in [-0.3, -0.25) is 9.59 Å². The van der Waals surface area contributed by atoms with Gasteiger partial charge in [0.05, 0.1) is 9.88 Å². The number of carbonyl (C=O) groups excluding carboxylic acids is 2. The van der Waals surface area contributed by atoms with Crippen molar-refractivity contribution in [1.82, 2.24) is 4.90 Å². The first-order valence-corrected chi connectivity index (χ1v) is 7.06. The lowest BCUT2D eigenvalue weighted by Gasteiger charge is -2.25. The Kier molecular flexibility index (Phi) is 5.98. The monoisotopic (exact) mass is 284 g/mol. The molecular weight excluding hydrogens is 264 g/mol. The van der Waals surface area contributed by atoms with Crippen molar-refractivity contribution in [3.8, 4) is 0 Å². The van der Waals surface area contributed by atoms with Crippen molar-refractivity contribution in [1.29, 1.82) is 0 Å². The van der Waals surface area contributed by atoms with E-state index in [1.807, 2.05) is 13.8 Å². The molecule has 1 aromatic heterocycles. The van der Waals surface area contributed by atoms with Crippen LogP contribution < -0.4 is 5.32 Å². The largest absolute Gasteiger partial charge is 0.396 e. The molecule has 6 heteroatoms. The van der Waals surface area contributed by atoms with Crippen molar-refractivity contribution in [2.24, 2.45) is 0 Å². The quantitative estimate of drug-likeness (QED) is 0.838. The van der Waals surface area contributed by atoms with E-state index < -0.39 is 0 Å². The average Bonchev–Trinajstić information content (AvgIpc) is 2.76. The lowest BCUT2D eigenvalue weighted by Crippen LogP contribution is -2.37. The van der Waals surface area contributed by atoms with E-state index in [2.05, 4.69) is 5.32 Å². The van der Waals surface area contributed by atoms with Crippen LogP contribution in [0.4, 0.5) is 5.00 Å². The number of nitrogens with zero attached hydrogens (tertiary/aromatic N) is 1. The predicted molar refractivity (Wildman–Crippen MR) is 76.5 cm³/mol. The normalized spacial score (nSPS) is 10.6. The number of hydrogen-bond acceptors (Lipinski definition) is 4. The number of aliphatic hydroxyl groups is 1. The molecule has 1 rings (SSSR count). The third-order valence-electron chi connectivity index (χ3n) is 2.56. The maximum atomic E-state index is 12.3. The number of aliphatic hydroxyl groups excluding tert-OH is 1. The molecule has 0 atom stereocenters. The molecule has 0 saturated carbocycles. The Morgan fingerprint density at radius 3 is 2.63 bits per heavy atom. The van der Waals surface area contributed by atoms with Crippen molar-refractivity contribution >= 4 is 28.2 Å². The summed E-state index contributed by atoms with van der Waals surface area (Å²) in [4.78, 5) is 25.6. The fraction of sp³-hybridized carbons (Fsp3) is 0.538. The van der Waals surface area contributed by atoms with Gasteiger partial charge in [-0.25, -0.2) is 0 Å². The van der Waals surface area contributed by atoms with Gasteiger partial charge in [-0.15, -0.1) is 11.3 Å². The molecule has 0 radical (unpaired) electrons. The van der Waals surface area contributed by atoms with Gasteiger partial charge in [0.2, 0.25) is 5.91 Å². The molecule has 5 nitrogen and oxygen atoms in total. The van der Waals surface area contributed by atoms with Crippen LogP contribution in [0, 0.1) is 0 Å². The second kappa shape index (κ2) is 7.25. The van der Waals surface area contributed by atoms with Crippen LogP contribution in [0.1, 0.15) is 36.9 Å². The maximum Gasteiger partial charge on any atom is 0.264 e. The minimum absolute atomic E-state index is 0.0648. The standard InChI is InChI=1S/C13H20N2O3S/c1-9(2)15(7-4-8-16)13(18)11-5-6-12(19-11)14-10(3)17/h5-6,9,16H,4,7-8H2,1-3H3,(H,14,17). The smallest absolute Gasteiger partial charge is 0.264 e. The van der Waals surface area contributed by atoms with Gasteiger partial charge in [-0.05, 0) is 32.4 Å². The minimum atomic E-state index is -0.151. The number of carbonyl (C=O) groups is 2. The molecule has 0 aliphatic heterocycles. The molecule has 0 aromatic carbocycles. The molecular formula is C13H20N2O3S. The molecule has 2 amide bonds. The topological polar surface area (TPSA) is 69.6 Å². The van der Waals surface area contributed by atoms with Crippen LogP contribution in [0.15, 0.2) is 12.1 Å². The zero-order chi connectivity index (χ0) is 14.4. The summed E-state index contributed by atoms with van der Waals surface area (Å²) in [7, 11) is 0. The van der Waals surface area contributed by atoms with Gasteiger partial charge in [-0.1, -0.05) is 0 Å². The van der Waals surface area contributed by atoms with Gasteiger partial charge in [0.1, 0.15) is 0 Å². The summed E-state index contributed by atoms with van der Waals surface area (Å²) in [5.74, 6) is -0.216. The van der Waals surface area contributed by atoms with E-state index >= 15 is 0 Å². The Bertz CT molecular complexity index is 443. The van der Waals surface area contributed by atoms with Crippen molar-refractivity contribution in [2.75, 3.05) is 18.5 Å². The minimum Gasteiger partial charge on any atom is -0.396 e. The zero-order valence-corrected chi connectivity index (χ0v) is 12.3. The summed E-state index contributed by atoms with van der Waals surface area (Å²) in [5.41, 5.74) is 0. The summed E-state index contributed by atoms with van der Waals surface area (Å²) in [6.07, 6.45) is 0.563. The summed E-state index contributed by atoms with van der Waals surface area (Å²) >= 11 is 1.26. The lowest BCUT2D eigenvalue weighted by molar-refractivity contribution is -0.114. The van der Waals surface area contributed by atoms with Crippen LogP contribution in [-0.2, 0) is 4.79 Å². The molecule has 106 valence electrons. The fourth-order valence-electron chi connectivity index (χ4n) is 1.67. The summed E-state index contributed by atoms with van der Waals surface area (Å²) in [6, 6.07) is 3.52. The highest BCUT2D eigenvalue weighted by Crippen LogP contribution is 2.24. The third-order valence-corrected chi connectivity index (χ3v) is 3.55. The van der Waals surface area contributed by atoms with Gasteiger partial charge in [0, 0.05) is 26.1 Å². The Labute approximate surface area is 117 Å². The number of rotatable bonds is 6. The van der Waals surface area contributed by atoms with Crippen LogP contribution in [0.3, 0.4) is 0 Å². The van der Waals surface area contributed by atoms with E-state index in [9.17, 15) is 9.59 Å². The Morgan fingerprint density at radius 2 is 2.11 bits per heavy atom. The number of amides is 2. The Balaban J connectivity index is 2.78. The molecule has 1 aromatic rings. The highest BCUT2D eigenvalue weighted by Gasteiger charge is 2.20.